The Hall–Kier alpha value is -1.84. The Bertz CT molecular complexity index is 479. The molecule has 0 atom stereocenters. The maximum absolute atomic E-state index is 12.1. The highest BCUT2D eigenvalue weighted by Gasteiger charge is 2.25. The highest BCUT2D eigenvalue weighted by Crippen LogP contribution is 2.22. The summed E-state index contributed by atoms with van der Waals surface area (Å²) >= 11 is 0. The summed E-state index contributed by atoms with van der Waals surface area (Å²) in [6, 6.07) is 0. The Labute approximate surface area is 120 Å². The summed E-state index contributed by atoms with van der Waals surface area (Å²) in [6.07, 6.45) is 5.43. The van der Waals surface area contributed by atoms with Crippen LogP contribution < -0.4 is 0 Å². The van der Waals surface area contributed by atoms with Crippen molar-refractivity contribution in [2.75, 3.05) is 0 Å². The van der Waals surface area contributed by atoms with E-state index in [2.05, 4.69) is 0 Å². The third-order valence-corrected chi connectivity index (χ3v) is 2.55. The van der Waals surface area contributed by atoms with Gasteiger partial charge in [-0.15, -0.1) is 0 Å². The first-order valence-corrected chi connectivity index (χ1v) is 6.82. The summed E-state index contributed by atoms with van der Waals surface area (Å²) in [6.45, 7) is 8.97. The predicted octanol–water partition coefficient (Wildman–Crippen LogP) is 3.09. The summed E-state index contributed by atoms with van der Waals surface area (Å²) < 4.78 is 10.4. The van der Waals surface area contributed by atoms with Gasteiger partial charge in [-0.3, -0.25) is 0 Å². The number of ether oxygens (including phenoxy) is 2. The minimum atomic E-state index is -0.499. The van der Waals surface area contributed by atoms with Crippen LogP contribution in [0.1, 0.15) is 41.0 Å². The van der Waals surface area contributed by atoms with Crippen LogP contribution in [0.2, 0.25) is 0 Å². The maximum atomic E-state index is 12.1. The lowest BCUT2D eigenvalue weighted by Crippen LogP contribution is -2.21. The van der Waals surface area contributed by atoms with Gasteiger partial charge in [0.15, 0.2) is 0 Å². The zero-order valence-corrected chi connectivity index (χ0v) is 12.7. The average Bonchev–Trinajstić information content (AvgIpc) is 2.49. The van der Waals surface area contributed by atoms with Gasteiger partial charge in [-0.2, -0.15) is 0 Å². The van der Waals surface area contributed by atoms with Crippen molar-refractivity contribution in [2.45, 2.75) is 53.2 Å². The number of allylic oxidation sites excluding steroid dienone is 4. The third-order valence-electron chi connectivity index (χ3n) is 2.55. The molecule has 0 aliphatic heterocycles. The van der Waals surface area contributed by atoms with Crippen LogP contribution in [0.25, 0.3) is 0 Å². The van der Waals surface area contributed by atoms with Crippen molar-refractivity contribution in [3.05, 3.63) is 34.9 Å². The molecule has 1 aliphatic carbocycles. The number of rotatable bonds is 4. The third kappa shape index (κ3) is 4.68. The molecule has 0 radical (unpaired) electrons. The Kier molecular flexibility index (Phi) is 5.74. The van der Waals surface area contributed by atoms with Crippen LogP contribution >= 0.6 is 0 Å². The first-order valence-electron chi connectivity index (χ1n) is 6.82. The van der Waals surface area contributed by atoms with E-state index in [0.29, 0.717) is 6.42 Å². The number of carbonyl (C=O) groups excluding carboxylic acids is 2. The Balaban J connectivity index is 3.07. The van der Waals surface area contributed by atoms with Crippen LogP contribution in [-0.2, 0) is 19.1 Å². The molecule has 0 N–H and O–H groups in total. The van der Waals surface area contributed by atoms with Crippen molar-refractivity contribution in [3.8, 4) is 0 Å². The number of hydrogen-bond acceptors (Lipinski definition) is 4. The average molecular weight is 278 g/mol. The maximum Gasteiger partial charge on any atom is 0.339 e. The van der Waals surface area contributed by atoms with Gasteiger partial charge in [0, 0.05) is 0 Å². The lowest BCUT2D eigenvalue weighted by Gasteiger charge is -2.14. The van der Waals surface area contributed by atoms with E-state index in [1.807, 2.05) is 13.0 Å². The highest BCUT2D eigenvalue weighted by molar-refractivity contribution is 6.07. The second-order valence-electron chi connectivity index (χ2n) is 5.27. The van der Waals surface area contributed by atoms with Crippen molar-refractivity contribution in [2.24, 2.45) is 0 Å². The van der Waals surface area contributed by atoms with E-state index in [0.717, 1.165) is 5.57 Å². The minimum absolute atomic E-state index is 0.233. The van der Waals surface area contributed by atoms with Gasteiger partial charge in [-0.25, -0.2) is 9.59 Å². The van der Waals surface area contributed by atoms with Crippen molar-refractivity contribution in [1.82, 2.24) is 0 Å². The molecule has 110 valence electrons. The standard InChI is InChI=1S/C16H22O4/c1-10(2)19-15(17)13-8-6-7-12(5)9-14(13)16(18)20-11(3)4/h7-11H,6H2,1-5H3. The molecule has 0 amide bonds. The van der Waals surface area contributed by atoms with Gasteiger partial charge < -0.3 is 9.47 Å². The van der Waals surface area contributed by atoms with Gasteiger partial charge in [-0.05, 0) is 47.1 Å². The highest BCUT2D eigenvalue weighted by atomic mass is 16.5. The van der Waals surface area contributed by atoms with Gasteiger partial charge >= 0.3 is 11.9 Å². The SMILES string of the molecule is CC1=CCC=C(C(=O)OC(C)C)C(C(=O)OC(C)C)=C1. The summed E-state index contributed by atoms with van der Waals surface area (Å²) in [4.78, 5) is 24.2. The Morgan fingerprint density at radius 2 is 1.45 bits per heavy atom. The van der Waals surface area contributed by atoms with E-state index in [1.165, 1.54) is 0 Å². The van der Waals surface area contributed by atoms with Crippen LogP contribution in [-0.4, -0.2) is 24.1 Å². The molecule has 4 nitrogen and oxygen atoms in total. The molecule has 0 saturated carbocycles. The molecule has 0 aromatic carbocycles. The monoisotopic (exact) mass is 278 g/mol. The van der Waals surface area contributed by atoms with Crippen LogP contribution in [0.4, 0.5) is 0 Å². The van der Waals surface area contributed by atoms with Gasteiger partial charge in [0.1, 0.15) is 0 Å². The van der Waals surface area contributed by atoms with Crippen molar-refractivity contribution in [3.63, 3.8) is 0 Å². The molecule has 0 unspecified atom stereocenters. The van der Waals surface area contributed by atoms with Gasteiger partial charge in [0.25, 0.3) is 0 Å². The van der Waals surface area contributed by atoms with E-state index in [-0.39, 0.29) is 23.4 Å². The fraction of sp³-hybridized carbons (Fsp3) is 0.500. The molecule has 0 aromatic heterocycles. The largest absolute Gasteiger partial charge is 0.459 e. The molecule has 4 heteroatoms. The molecule has 0 fully saturated rings. The van der Waals surface area contributed by atoms with E-state index < -0.39 is 11.9 Å². The van der Waals surface area contributed by atoms with Gasteiger partial charge in [0.2, 0.25) is 0 Å². The molecular formula is C16H22O4. The fourth-order valence-corrected chi connectivity index (χ4v) is 1.75. The lowest BCUT2D eigenvalue weighted by atomic mass is 10.0. The molecule has 0 aromatic rings. The predicted molar refractivity (Wildman–Crippen MR) is 77.0 cm³/mol. The number of hydrogen-bond donors (Lipinski definition) is 0. The van der Waals surface area contributed by atoms with Crippen LogP contribution in [0, 0.1) is 0 Å². The van der Waals surface area contributed by atoms with E-state index in [4.69, 9.17) is 9.47 Å². The van der Waals surface area contributed by atoms with Crippen molar-refractivity contribution in [1.29, 1.82) is 0 Å². The normalized spacial score (nSPS) is 15.2. The summed E-state index contributed by atoms with van der Waals surface area (Å²) in [7, 11) is 0. The quantitative estimate of drug-likeness (QED) is 0.741. The van der Waals surface area contributed by atoms with Crippen molar-refractivity contribution >= 4 is 11.9 Å². The molecular weight excluding hydrogens is 256 g/mol. The zero-order chi connectivity index (χ0) is 15.3. The molecule has 0 spiro atoms. The molecule has 0 heterocycles. The second-order valence-corrected chi connectivity index (χ2v) is 5.27. The second kappa shape index (κ2) is 7.08. The topological polar surface area (TPSA) is 52.6 Å². The van der Waals surface area contributed by atoms with E-state index in [9.17, 15) is 9.59 Å². The van der Waals surface area contributed by atoms with Crippen LogP contribution in [0.3, 0.4) is 0 Å². The van der Waals surface area contributed by atoms with Gasteiger partial charge in [-0.1, -0.05) is 17.7 Å². The molecule has 0 saturated heterocycles. The molecule has 0 bridgehead atoms. The first-order chi connectivity index (χ1) is 9.31. The Morgan fingerprint density at radius 1 is 0.950 bits per heavy atom. The smallest absolute Gasteiger partial charge is 0.339 e. The zero-order valence-electron chi connectivity index (χ0n) is 12.7. The molecule has 1 rings (SSSR count). The summed E-state index contributed by atoms with van der Waals surface area (Å²) in [5.41, 5.74) is 1.46. The van der Waals surface area contributed by atoms with Crippen molar-refractivity contribution < 1.29 is 19.1 Å². The summed E-state index contributed by atoms with van der Waals surface area (Å²) in [5, 5.41) is 0. The Morgan fingerprint density at radius 3 is 1.95 bits per heavy atom. The number of esters is 2. The van der Waals surface area contributed by atoms with E-state index >= 15 is 0 Å². The lowest BCUT2D eigenvalue weighted by molar-refractivity contribution is -0.146. The minimum Gasteiger partial charge on any atom is -0.459 e. The summed E-state index contributed by atoms with van der Waals surface area (Å²) in [5.74, 6) is -0.989. The molecule has 20 heavy (non-hydrogen) atoms. The molecule has 1 aliphatic rings. The van der Waals surface area contributed by atoms with Crippen LogP contribution in [0.5, 0.6) is 0 Å². The van der Waals surface area contributed by atoms with Crippen LogP contribution in [0.15, 0.2) is 34.9 Å². The van der Waals surface area contributed by atoms with E-state index in [1.54, 1.807) is 39.8 Å². The van der Waals surface area contributed by atoms with Gasteiger partial charge in [0.05, 0.1) is 23.4 Å². The number of carbonyl (C=O) groups is 2. The first kappa shape index (κ1) is 16.2. The fourth-order valence-electron chi connectivity index (χ4n) is 1.75.